The maximum absolute atomic E-state index is 13.3. The average Bonchev–Trinajstić information content (AvgIpc) is 2.41. The summed E-state index contributed by atoms with van der Waals surface area (Å²) in [6, 6.07) is 14.9. The van der Waals surface area contributed by atoms with Crippen molar-refractivity contribution in [3.63, 3.8) is 0 Å². The third-order valence-electron chi connectivity index (χ3n) is 2.79. The molecule has 2 aromatic carbocycles. The molecule has 1 unspecified atom stereocenters. The van der Waals surface area contributed by atoms with Crippen LogP contribution in [0.15, 0.2) is 53.0 Å². The van der Waals surface area contributed by atoms with Crippen LogP contribution in [0.5, 0.6) is 0 Å². The topological polar surface area (TPSA) is 9.23 Å². The summed E-state index contributed by atoms with van der Waals surface area (Å²) in [5.74, 6) is -0.261. The predicted octanol–water partition coefficient (Wildman–Crippen LogP) is 4.87. The predicted molar refractivity (Wildman–Crippen MR) is 73.7 cm³/mol. The van der Waals surface area contributed by atoms with Crippen molar-refractivity contribution >= 4 is 15.9 Å². The Kier molecular flexibility index (Phi) is 4.50. The van der Waals surface area contributed by atoms with Gasteiger partial charge in [-0.2, -0.15) is 0 Å². The Morgan fingerprint density at radius 1 is 1.11 bits per heavy atom. The van der Waals surface area contributed by atoms with E-state index >= 15 is 0 Å². The number of benzene rings is 2. The van der Waals surface area contributed by atoms with E-state index in [1.54, 1.807) is 6.07 Å². The Bertz CT molecular complexity index is 513. The Hall–Kier alpha value is -1.19. The van der Waals surface area contributed by atoms with E-state index < -0.39 is 0 Å². The molecule has 2 aromatic rings. The highest BCUT2D eigenvalue weighted by Gasteiger charge is 2.09. The van der Waals surface area contributed by atoms with Crippen LogP contribution >= 0.6 is 15.9 Å². The molecule has 0 N–H and O–H groups in total. The van der Waals surface area contributed by atoms with E-state index in [1.165, 1.54) is 6.07 Å². The molecule has 94 valence electrons. The molecule has 0 heterocycles. The minimum atomic E-state index is -0.261. The lowest BCUT2D eigenvalue weighted by atomic mass is 10.1. The summed E-state index contributed by atoms with van der Waals surface area (Å²) in [5.41, 5.74) is 1.93. The van der Waals surface area contributed by atoms with Crippen molar-refractivity contribution in [3.05, 3.63) is 69.9 Å². The van der Waals surface area contributed by atoms with Gasteiger partial charge in [-0.1, -0.05) is 42.5 Å². The van der Waals surface area contributed by atoms with Gasteiger partial charge in [-0.25, -0.2) is 4.39 Å². The molecule has 0 amide bonds. The monoisotopic (exact) mass is 308 g/mol. The zero-order valence-corrected chi connectivity index (χ0v) is 11.7. The van der Waals surface area contributed by atoms with Crippen molar-refractivity contribution in [2.45, 2.75) is 19.6 Å². The first-order valence-electron chi connectivity index (χ1n) is 5.78. The van der Waals surface area contributed by atoms with Gasteiger partial charge in [-0.15, -0.1) is 0 Å². The quantitative estimate of drug-likeness (QED) is 0.783. The van der Waals surface area contributed by atoms with Crippen LogP contribution in [-0.4, -0.2) is 0 Å². The summed E-state index contributed by atoms with van der Waals surface area (Å²) in [6.45, 7) is 2.37. The van der Waals surface area contributed by atoms with Gasteiger partial charge in [-0.3, -0.25) is 0 Å². The minimum Gasteiger partial charge on any atom is -0.369 e. The van der Waals surface area contributed by atoms with Crippen molar-refractivity contribution in [1.29, 1.82) is 0 Å². The highest BCUT2D eigenvalue weighted by atomic mass is 79.9. The van der Waals surface area contributed by atoms with Gasteiger partial charge in [-0.05, 0) is 40.0 Å². The van der Waals surface area contributed by atoms with Gasteiger partial charge in [0, 0.05) is 0 Å². The molecule has 1 atom stereocenters. The summed E-state index contributed by atoms with van der Waals surface area (Å²) in [7, 11) is 0. The van der Waals surface area contributed by atoms with Crippen LogP contribution in [0.2, 0.25) is 0 Å². The molecule has 0 aliphatic carbocycles. The van der Waals surface area contributed by atoms with Crippen molar-refractivity contribution < 1.29 is 9.13 Å². The number of ether oxygens (including phenoxy) is 1. The Balaban J connectivity index is 2.02. The first-order valence-corrected chi connectivity index (χ1v) is 6.57. The molecule has 0 saturated heterocycles. The molecule has 0 spiro atoms. The van der Waals surface area contributed by atoms with Crippen molar-refractivity contribution in [1.82, 2.24) is 0 Å². The molecular formula is C15H14BrFO. The smallest absolute Gasteiger partial charge is 0.137 e. The molecule has 0 aromatic heterocycles. The van der Waals surface area contributed by atoms with Gasteiger partial charge in [0.2, 0.25) is 0 Å². The maximum atomic E-state index is 13.3. The van der Waals surface area contributed by atoms with Crippen LogP contribution in [-0.2, 0) is 11.3 Å². The highest BCUT2D eigenvalue weighted by Crippen LogP contribution is 2.24. The van der Waals surface area contributed by atoms with Crippen LogP contribution in [0.1, 0.15) is 24.2 Å². The molecule has 2 rings (SSSR count). The summed E-state index contributed by atoms with van der Waals surface area (Å²) in [4.78, 5) is 0. The van der Waals surface area contributed by atoms with Crippen LogP contribution < -0.4 is 0 Å². The third-order valence-corrected chi connectivity index (χ3v) is 3.68. The maximum Gasteiger partial charge on any atom is 0.137 e. The molecule has 0 aliphatic heterocycles. The zero-order valence-electron chi connectivity index (χ0n) is 10.1. The third kappa shape index (κ3) is 3.18. The first kappa shape index (κ1) is 13.2. The van der Waals surface area contributed by atoms with Crippen LogP contribution in [0.3, 0.4) is 0 Å². The average molecular weight is 309 g/mol. The molecule has 0 radical (unpaired) electrons. The van der Waals surface area contributed by atoms with E-state index in [4.69, 9.17) is 4.74 Å². The summed E-state index contributed by atoms with van der Waals surface area (Å²) in [6.07, 6.45) is -0.0126. The lowest BCUT2D eigenvalue weighted by Crippen LogP contribution is -2.01. The highest BCUT2D eigenvalue weighted by molar-refractivity contribution is 9.10. The number of rotatable bonds is 4. The Labute approximate surface area is 115 Å². The van der Waals surface area contributed by atoms with E-state index in [1.807, 2.05) is 43.3 Å². The lowest BCUT2D eigenvalue weighted by Gasteiger charge is -2.14. The molecule has 1 nitrogen and oxygen atoms in total. The SMILES string of the molecule is CC(OCc1cccc(F)c1Br)c1ccccc1. The van der Waals surface area contributed by atoms with Crippen molar-refractivity contribution in [2.24, 2.45) is 0 Å². The molecule has 0 bridgehead atoms. The number of hydrogen-bond donors (Lipinski definition) is 0. The van der Waals surface area contributed by atoms with Crippen molar-refractivity contribution in [3.8, 4) is 0 Å². The lowest BCUT2D eigenvalue weighted by molar-refractivity contribution is 0.0520. The molecule has 0 aliphatic rings. The van der Waals surface area contributed by atoms with Crippen LogP contribution in [0.25, 0.3) is 0 Å². The summed E-state index contributed by atoms with van der Waals surface area (Å²) in [5, 5.41) is 0. The van der Waals surface area contributed by atoms with E-state index in [0.717, 1.165) is 11.1 Å². The van der Waals surface area contributed by atoms with Gasteiger partial charge in [0.25, 0.3) is 0 Å². The minimum absolute atomic E-state index is 0.0126. The fraction of sp³-hybridized carbons (Fsp3) is 0.200. The van der Waals surface area contributed by atoms with Crippen LogP contribution in [0.4, 0.5) is 4.39 Å². The van der Waals surface area contributed by atoms with Crippen molar-refractivity contribution in [2.75, 3.05) is 0 Å². The molecule has 18 heavy (non-hydrogen) atoms. The number of hydrogen-bond acceptors (Lipinski definition) is 1. The summed E-state index contributed by atoms with van der Waals surface area (Å²) < 4.78 is 19.6. The van der Waals surface area contributed by atoms with Crippen LogP contribution in [0, 0.1) is 5.82 Å². The number of halogens is 2. The van der Waals surface area contributed by atoms with E-state index in [9.17, 15) is 4.39 Å². The van der Waals surface area contributed by atoms with Gasteiger partial charge >= 0.3 is 0 Å². The first-order chi connectivity index (χ1) is 8.68. The molecule has 0 fully saturated rings. The molecule has 0 saturated carbocycles. The Morgan fingerprint density at radius 2 is 1.83 bits per heavy atom. The van der Waals surface area contributed by atoms with Gasteiger partial charge < -0.3 is 4.74 Å². The second-order valence-electron chi connectivity index (χ2n) is 4.08. The Morgan fingerprint density at radius 3 is 2.56 bits per heavy atom. The largest absolute Gasteiger partial charge is 0.369 e. The summed E-state index contributed by atoms with van der Waals surface area (Å²) >= 11 is 3.23. The zero-order chi connectivity index (χ0) is 13.0. The standard InChI is InChI=1S/C15H14BrFO/c1-11(12-6-3-2-4-7-12)18-10-13-8-5-9-14(17)15(13)16/h2-9,11H,10H2,1H3. The fourth-order valence-corrected chi connectivity index (χ4v) is 2.07. The van der Waals surface area contributed by atoms with E-state index in [-0.39, 0.29) is 11.9 Å². The van der Waals surface area contributed by atoms with Gasteiger partial charge in [0.15, 0.2) is 0 Å². The fourth-order valence-electron chi connectivity index (χ4n) is 1.69. The van der Waals surface area contributed by atoms with Gasteiger partial charge in [0.05, 0.1) is 17.2 Å². The van der Waals surface area contributed by atoms with E-state index in [2.05, 4.69) is 15.9 Å². The normalized spacial score (nSPS) is 12.4. The van der Waals surface area contributed by atoms with E-state index in [0.29, 0.717) is 11.1 Å². The molecular weight excluding hydrogens is 295 g/mol. The second-order valence-corrected chi connectivity index (χ2v) is 4.87. The second kappa shape index (κ2) is 6.12. The van der Waals surface area contributed by atoms with Gasteiger partial charge in [0.1, 0.15) is 5.82 Å². The molecule has 3 heteroatoms.